The van der Waals surface area contributed by atoms with E-state index in [9.17, 15) is 4.79 Å². The second-order valence-electron chi connectivity index (χ2n) is 8.41. The summed E-state index contributed by atoms with van der Waals surface area (Å²) in [5, 5.41) is 6.67. The topological polar surface area (TPSA) is 66.5 Å². The fourth-order valence-corrected chi connectivity index (χ4v) is 4.18. The van der Waals surface area contributed by atoms with Gasteiger partial charge >= 0.3 is 0 Å². The number of pyridine rings is 1. The summed E-state index contributed by atoms with van der Waals surface area (Å²) in [4.78, 5) is 19.2. The van der Waals surface area contributed by atoms with Crippen LogP contribution in [0.3, 0.4) is 0 Å². The number of hydrogen-bond donors (Lipinski definition) is 2. The highest BCUT2D eigenvalue weighted by molar-refractivity contribution is 5.92. The average Bonchev–Trinajstić information content (AvgIpc) is 2.86. The molecule has 0 aliphatic carbocycles. The number of nitrogens with one attached hydrogen (secondary N) is 2. The van der Waals surface area contributed by atoms with Crippen LogP contribution in [0.25, 0.3) is 0 Å². The van der Waals surface area contributed by atoms with Gasteiger partial charge in [0.05, 0.1) is 13.5 Å². The first kappa shape index (κ1) is 22.8. The predicted octanol–water partition coefficient (Wildman–Crippen LogP) is 4.07. The molecule has 0 saturated carbocycles. The smallest absolute Gasteiger partial charge is 0.228 e. The Morgan fingerprint density at radius 2 is 1.79 bits per heavy atom. The second kappa shape index (κ2) is 11.5. The zero-order valence-electron chi connectivity index (χ0n) is 19.2. The number of carbonyl (C=O) groups is 1. The highest BCUT2D eigenvalue weighted by Gasteiger charge is 2.19. The summed E-state index contributed by atoms with van der Waals surface area (Å²) in [6.45, 7) is 3.03. The SMILES string of the molecule is COc1ccc(CC(=O)Nc2ccc(N3CCC(NCCc4ccccn4)CC3)cc2)cc1. The van der Waals surface area contributed by atoms with Crippen molar-refractivity contribution in [3.63, 3.8) is 0 Å². The van der Waals surface area contributed by atoms with Crippen LogP contribution in [0.15, 0.2) is 72.9 Å². The molecule has 6 nitrogen and oxygen atoms in total. The number of methoxy groups -OCH3 is 1. The molecule has 1 fully saturated rings. The van der Waals surface area contributed by atoms with Crippen molar-refractivity contribution in [3.8, 4) is 5.75 Å². The number of carbonyl (C=O) groups excluding carboxylic acids is 1. The molecule has 0 atom stereocenters. The van der Waals surface area contributed by atoms with Crippen LogP contribution in [0.1, 0.15) is 24.1 Å². The third-order valence-corrected chi connectivity index (χ3v) is 6.08. The lowest BCUT2D eigenvalue weighted by molar-refractivity contribution is -0.115. The summed E-state index contributed by atoms with van der Waals surface area (Å²) in [5.41, 5.74) is 4.12. The molecular formula is C27H32N4O2. The molecule has 1 aliphatic rings. The van der Waals surface area contributed by atoms with Crippen molar-refractivity contribution < 1.29 is 9.53 Å². The van der Waals surface area contributed by atoms with Crippen molar-refractivity contribution >= 4 is 17.3 Å². The first-order valence-electron chi connectivity index (χ1n) is 11.6. The zero-order valence-corrected chi connectivity index (χ0v) is 19.2. The minimum absolute atomic E-state index is 0.0227. The van der Waals surface area contributed by atoms with Crippen molar-refractivity contribution in [3.05, 3.63) is 84.2 Å². The van der Waals surface area contributed by atoms with E-state index in [1.54, 1.807) is 7.11 Å². The Kier molecular flexibility index (Phi) is 7.93. The Hall–Kier alpha value is -3.38. The van der Waals surface area contributed by atoms with Gasteiger partial charge in [0.25, 0.3) is 0 Å². The van der Waals surface area contributed by atoms with Gasteiger partial charge in [-0.15, -0.1) is 0 Å². The molecule has 1 aromatic heterocycles. The molecular weight excluding hydrogens is 412 g/mol. The number of rotatable bonds is 9. The Labute approximate surface area is 196 Å². The molecule has 33 heavy (non-hydrogen) atoms. The standard InChI is InChI=1S/C27H32N4O2/c1-33-26-11-5-21(6-12-26)20-27(32)30-24-7-9-25(10-8-24)31-18-14-23(15-19-31)29-17-13-22-4-2-3-16-28-22/h2-12,16,23,29H,13-15,17-20H2,1H3,(H,30,32). The summed E-state index contributed by atoms with van der Waals surface area (Å²) in [6, 6.07) is 22.4. The van der Waals surface area contributed by atoms with Gasteiger partial charge in [-0.2, -0.15) is 0 Å². The Bertz CT molecular complexity index is 999. The zero-order chi connectivity index (χ0) is 22.9. The maximum Gasteiger partial charge on any atom is 0.228 e. The lowest BCUT2D eigenvalue weighted by Crippen LogP contribution is -2.43. The molecule has 4 rings (SSSR count). The van der Waals surface area contributed by atoms with Gasteiger partial charge in [0.15, 0.2) is 0 Å². The van der Waals surface area contributed by atoms with Crippen LogP contribution in [0.2, 0.25) is 0 Å². The van der Waals surface area contributed by atoms with Crippen molar-refractivity contribution in [2.75, 3.05) is 37.0 Å². The molecule has 2 N–H and O–H groups in total. The van der Waals surface area contributed by atoms with E-state index in [1.807, 2.05) is 54.7 Å². The van der Waals surface area contributed by atoms with Crippen LogP contribution in [0, 0.1) is 0 Å². The number of hydrogen-bond acceptors (Lipinski definition) is 5. The van der Waals surface area contributed by atoms with Crippen LogP contribution in [0.4, 0.5) is 11.4 Å². The van der Waals surface area contributed by atoms with E-state index in [1.165, 1.54) is 5.69 Å². The van der Waals surface area contributed by atoms with Gasteiger partial charge in [0, 0.05) is 55.4 Å². The number of anilines is 2. The van der Waals surface area contributed by atoms with Gasteiger partial charge in [-0.05, 0) is 66.9 Å². The van der Waals surface area contributed by atoms with Gasteiger partial charge in [-0.3, -0.25) is 9.78 Å². The molecule has 0 bridgehead atoms. The number of benzene rings is 2. The van der Waals surface area contributed by atoms with E-state index in [0.717, 1.165) is 61.6 Å². The summed E-state index contributed by atoms with van der Waals surface area (Å²) in [6.07, 6.45) is 5.41. The van der Waals surface area contributed by atoms with Crippen LogP contribution in [0.5, 0.6) is 5.75 Å². The number of nitrogens with zero attached hydrogens (tertiary/aromatic N) is 2. The minimum Gasteiger partial charge on any atom is -0.497 e. The van der Waals surface area contributed by atoms with Crippen LogP contribution >= 0.6 is 0 Å². The number of piperidine rings is 1. The number of amides is 1. The molecule has 0 unspecified atom stereocenters. The highest BCUT2D eigenvalue weighted by atomic mass is 16.5. The van der Waals surface area contributed by atoms with Gasteiger partial charge in [-0.1, -0.05) is 18.2 Å². The minimum atomic E-state index is -0.0227. The summed E-state index contributed by atoms with van der Waals surface area (Å²) >= 11 is 0. The molecule has 2 heterocycles. The monoisotopic (exact) mass is 444 g/mol. The fourth-order valence-electron chi connectivity index (χ4n) is 4.18. The first-order chi connectivity index (χ1) is 16.2. The maximum atomic E-state index is 12.4. The molecule has 1 amide bonds. The highest BCUT2D eigenvalue weighted by Crippen LogP contribution is 2.22. The molecule has 0 spiro atoms. The van der Waals surface area contributed by atoms with E-state index in [4.69, 9.17) is 4.74 Å². The van der Waals surface area contributed by atoms with E-state index in [2.05, 4.69) is 38.7 Å². The van der Waals surface area contributed by atoms with Crippen molar-refractivity contribution in [1.29, 1.82) is 0 Å². The second-order valence-corrected chi connectivity index (χ2v) is 8.41. The van der Waals surface area contributed by atoms with Crippen LogP contribution in [-0.2, 0) is 17.6 Å². The molecule has 1 aliphatic heterocycles. The lowest BCUT2D eigenvalue weighted by Gasteiger charge is -2.34. The lowest BCUT2D eigenvalue weighted by atomic mass is 10.0. The largest absolute Gasteiger partial charge is 0.497 e. The Morgan fingerprint density at radius 1 is 1.03 bits per heavy atom. The number of aromatic nitrogens is 1. The predicted molar refractivity (Wildman–Crippen MR) is 133 cm³/mol. The third kappa shape index (κ3) is 6.80. The first-order valence-corrected chi connectivity index (χ1v) is 11.6. The maximum absolute atomic E-state index is 12.4. The van der Waals surface area contributed by atoms with E-state index in [-0.39, 0.29) is 5.91 Å². The molecule has 3 aromatic rings. The van der Waals surface area contributed by atoms with E-state index < -0.39 is 0 Å². The van der Waals surface area contributed by atoms with Gasteiger partial charge in [0.1, 0.15) is 5.75 Å². The van der Waals surface area contributed by atoms with E-state index in [0.29, 0.717) is 12.5 Å². The molecule has 1 saturated heterocycles. The van der Waals surface area contributed by atoms with Crippen molar-refractivity contribution in [1.82, 2.24) is 10.3 Å². The summed E-state index contributed by atoms with van der Waals surface area (Å²) < 4.78 is 5.16. The normalized spacial score (nSPS) is 14.2. The summed E-state index contributed by atoms with van der Waals surface area (Å²) in [7, 11) is 1.63. The van der Waals surface area contributed by atoms with Gasteiger partial charge in [0.2, 0.25) is 5.91 Å². The Balaban J connectivity index is 1.19. The molecule has 2 aromatic carbocycles. The van der Waals surface area contributed by atoms with Crippen molar-refractivity contribution in [2.45, 2.75) is 31.7 Å². The molecule has 172 valence electrons. The fraction of sp³-hybridized carbons (Fsp3) is 0.333. The Morgan fingerprint density at radius 3 is 2.45 bits per heavy atom. The van der Waals surface area contributed by atoms with Crippen LogP contribution < -0.4 is 20.3 Å². The number of ether oxygens (including phenoxy) is 1. The van der Waals surface area contributed by atoms with Gasteiger partial charge < -0.3 is 20.3 Å². The molecule has 0 radical (unpaired) electrons. The quantitative estimate of drug-likeness (QED) is 0.521. The average molecular weight is 445 g/mol. The van der Waals surface area contributed by atoms with Gasteiger partial charge in [-0.25, -0.2) is 0 Å². The summed E-state index contributed by atoms with van der Waals surface area (Å²) in [5.74, 6) is 0.768. The third-order valence-electron chi connectivity index (χ3n) is 6.08. The van der Waals surface area contributed by atoms with Crippen molar-refractivity contribution in [2.24, 2.45) is 0 Å². The molecule has 6 heteroatoms. The van der Waals surface area contributed by atoms with Crippen LogP contribution in [-0.4, -0.2) is 43.7 Å². The van der Waals surface area contributed by atoms with E-state index >= 15 is 0 Å².